The molecule has 9 heteroatoms. The van der Waals surface area contributed by atoms with Gasteiger partial charge in [-0.25, -0.2) is 4.98 Å². The number of nitrogens with zero attached hydrogens (tertiary/aromatic N) is 5. The predicted molar refractivity (Wildman–Crippen MR) is 169 cm³/mol. The zero-order valence-electron chi connectivity index (χ0n) is 24.2. The van der Waals surface area contributed by atoms with Crippen LogP contribution in [-0.2, 0) is 19.6 Å². The van der Waals surface area contributed by atoms with Gasteiger partial charge in [0.05, 0.1) is 30.2 Å². The normalized spacial score (nSPS) is 10.6. The highest BCUT2D eigenvalue weighted by atomic mass is 16.3. The Bertz CT molecular complexity index is 1940. The molecule has 9 nitrogen and oxygen atoms in total. The molecule has 0 saturated carbocycles. The highest BCUT2D eigenvalue weighted by molar-refractivity contribution is 6.06. The molecule has 3 aromatic heterocycles. The number of anilines is 1. The summed E-state index contributed by atoms with van der Waals surface area (Å²) in [6, 6.07) is 33.2. The number of nitrogens with one attached hydrogen (secondary N) is 1. The van der Waals surface area contributed by atoms with Crippen molar-refractivity contribution in [3.63, 3.8) is 0 Å². The number of pyridine rings is 1. The molecule has 3 heterocycles. The molecule has 0 saturated heterocycles. The molecule has 0 bridgehead atoms. The third kappa shape index (κ3) is 6.87. The van der Waals surface area contributed by atoms with Gasteiger partial charge in [0.1, 0.15) is 5.76 Å². The van der Waals surface area contributed by atoms with Crippen molar-refractivity contribution in [2.75, 3.05) is 4.90 Å². The lowest BCUT2D eigenvalue weighted by Gasteiger charge is -2.24. The topological polar surface area (TPSA) is 117 Å². The van der Waals surface area contributed by atoms with Crippen LogP contribution in [0.3, 0.4) is 0 Å². The van der Waals surface area contributed by atoms with Crippen LogP contribution in [0.1, 0.15) is 43.3 Å². The third-order valence-electron chi connectivity index (χ3n) is 7.29. The minimum absolute atomic E-state index is 0.153. The molecule has 6 aromatic rings. The van der Waals surface area contributed by atoms with Crippen LogP contribution in [0.15, 0.2) is 132 Å². The molecule has 3 aromatic carbocycles. The first-order valence-corrected chi connectivity index (χ1v) is 14.3. The SMILES string of the molecule is N#Cc1ccc(Cn2cncc2CN(C(=O)c2ccccc2)c2ccc(-c3ccc(C(=O)NCc4cccnc4)o3)cc2)cc1. The molecule has 0 radical (unpaired) electrons. The first-order chi connectivity index (χ1) is 22.1. The summed E-state index contributed by atoms with van der Waals surface area (Å²) in [6.07, 6.45) is 6.88. The molecule has 0 aliphatic heterocycles. The van der Waals surface area contributed by atoms with Gasteiger partial charge in [0, 0.05) is 48.5 Å². The Morgan fingerprint density at radius 2 is 1.64 bits per heavy atom. The molecule has 0 spiro atoms. The highest BCUT2D eigenvalue weighted by Crippen LogP contribution is 2.27. The molecule has 1 N–H and O–H groups in total. The van der Waals surface area contributed by atoms with E-state index in [4.69, 9.17) is 9.68 Å². The lowest BCUT2D eigenvalue weighted by atomic mass is 10.1. The van der Waals surface area contributed by atoms with Gasteiger partial charge in [0.15, 0.2) is 5.76 Å². The van der Waals surface area contributed by atoms with Crippen LogP contribution in [0.2, 0.25) is 0 Å². The number of carbonyl (C=O) groups is 2. The van der Waals surface area contributed by atoms with E-state index >= 15 is 0 Å². The van der Waals surface area contributed by atoms with Gasteiger partial charge in [-0.1, -0.05) is 36.4 Å². The van der Waals surface area contributed by atoms with Crippen molar-refractivity contribution in [3.8, 4) is 17.4 Å². The van der Waals surface area contributed by atoms with Gasteiger partial charge in [-0.15, -0.1) is 0 Å². The number of aromatic nitrogens is 3. The Balaban J connectivity index is 1.21. The van der Waals surface area contributed by atoms with Crippen molar-refractivity contribution in [2.45, 2.75) is 19.6 Å². The van der Waals surface area contributed by atoms with Crippen LogP contribution in [0, 0.1) is 11.3 Å². The number of benzene rings is 3. The van der Waals surface area contributed by atoms with E-state index in [1.807, 2.05) is 71.3 Å². The molecular formula is C36H28N6O3. The monoisotopic (exact) mass is 592 g/mol. The maximum atomic E-state index is 13.8. The first-order valence-electron chi connectivity index (χ1n) is 14.3. The lowest BCUT2D eigenvalue weighted by molar-refractivity contribution is 0.0923. The van der Waals surface area contributed by atoms with Gasteiger partial charge in [0.25, 0.3) is 11.8 Å². The van der Waals surface area contributed by atoms with Crippen molar-refractivity contribution in [2.24, 2.45) is 0 Å². The van der Waals surface area contributed by atoms with Crippen LogP contribution in [-0.4, -0.2) is 26.3 Å². The molecule has 0 aliphatic rings. The Kier molecular flexibility index (Phi) is 8.56. The van der Waals surface area contributed by atoms with E-state index in [9.17, 15) is 9.59 Å². The third-order valence-corrected chi connectivity index (χ3v) is 7.29. The van der Waals surface area contributed by atoms with E-state index in [-0.39, 0.29) is 24.1 Å². The standard InChI is InChI=1S/C36H28N6O3/c37-19-26-8-10-27(11-9-26)23-41-25-39-22-32(41)24-42(36(44)30-6-2-1-3-7-30)31-14-12-29(13-15-31)33-16-17-34(45-33)35(43)40-21-28-5-4-18-38-20-28/h1-18,20,22,25H,21,23-24H2,(H,40,43). The molecule has 0 fully saturated rings. The van der Waals surface area contributed by atoms with Gasteiger partial charge >= 0.3 is 0 Å². The number of nitriles is 1. The zero-order valence-corrected chi connectivity index (χ0v) is 24.2. The predicted octanol–water partition coefficient (Wildman–Crippen LogP) is 6.24. The minimum Gasteiger partial charge on any atom is -0.451 e. The molecule has 0 unspecified atom stereocenters. The van der Waals surface area contributed by atoms with Crippen molar-refractivity contribution in [1.82, 2.24) is 19.9 Å². The van der Waals surface area contributed by atoms with Crippen LogP contribution < -0.4 is 10.2 Å². The molecule has 6 rings (SSSR count). The summed E-state index contributed by atoms with van der Waals surface area (Å²) >= 11 is 0. The van der Waals surface area contributed by atoms with Gasteiger partial charge in [0.2, 0.25) is 0 Å². The van der Waals surface area contributed by atoms with E-state index in [1.165, 1.54) is 0 Å². The van der Waals surface area contributed by atoms with Crippen molar-refractivity contribution in [1.29, 1.82) is 5.26 Å². The maximum absolute atomic E-state index is 13.8. The number of amides is 2. The fourth-order valence-electron chi connectivity index (χ4n) is 4.88. The van der Waals surface area contributed by atoms with E-state index in [0.29, 0.717) is 35.7 Å². The van der Waals surface area contributed by atoms with E-state index in [0.717, 1.165) is 22.4 Å². The van der Waals surface area contributed by atoms with Gasteiger partial charge in [-0.2, -0.15) is 5.26 Å². The lowest BCUT2D eigenvalue weighted by Crippen LogP contribution is -2.31. The van der Waals surface area contributed by atoms with Gasteiger partial charge < -0.3 is 19.2 Å². The molecule has 2 amide bonds. The number of rotatable bonds is 10. The minimum atomic E-state index is -0.320. The summed E-state index contributed by atoms with van der Waals surface area (Å²) in [5.41, 5.74) is 5.38. The zero-order chi connectivity index (χ0) is 31.0. The summed E-state index contributed by atoms with van der Waals surface area (Å²) in [5.74, 6) is 0.267. The second-order valence-corrected chi connectivity index (χ2v) is 10.3. The fraction of sp³-hybridized carbons (Fsp3) is 0.0833. The number of furan rings is 1. The summed E-state index contributed by atoms with van der Waals surface area (Å²) in [4.78, 5) is 36.6. The molecular weight excluding hydrogens is 564 g/mol. The van der Waals surface area contributed by atoms with Gasteiger partial charge in [-0.05, 0) is 77.9 Å². The summed E-state index contributed by atoms with van der Waals surface area (Å²) in [7, 11) is 0. The smallest absolute Gasteiger partial charge is 0.287 e. The number of hydrogen-bond acceptors (Lipinski definition) is 6. The maximum Gasteiger partial charge on any atom is 0.287 e. The Hall–Kier alpha value is -6.27. The summed E-state index contributed by atoms with van der Waals surface area (Å²) in [5, 5.41) is 12.0. The number of hydrogen-bond donors (Lipinski definition) is 1. The molecule has 220 valence electrons. The largest absolute Gasteiger partial charge is 0.451 e. The van der Waals surface area contributed by atoms with Crippen LogP contribution in [0.25, 0.3) is 11.3 Å². The van der Waals surface area contributed by atoms with Gasteiger partial charge in [-0.3, -0.25) is 14.6 Å². The average molecular weight is 593 g/mol. The van der Waals surface area contributed by atoms with Crippen LogP contribution in [0.4, 0.5) is 5.69 Å². The molecule has 45 heavy (non-hydrogen) atoms. The van der Waals surface area contributed by atoms with Crippen molar-refractivity contribution < 1.29 is 14.0 Å². The summed E-state index contributed by atoms with van der Waals surface area (Å²) < 4.78 is 7.86. The van der Waals surface area contributed by atoms with Crippen molar-refractivity contribution >= 4 is 17.5 Å². The van der Waals surface area contributed by atoms with Crippen molar-refractivity contribution in [3.05, 3.63) is 162 Å². The second-order valence-electron chi connectivity index (χ2n) is 10.3. The van der Waals surface area contributed by atoms with E-state index in [1.54, 1.807) is 66.2 Å². The van der Waals surface area contributed by atoms with Crippen LogP contribution in [0.5, 0.6) is 0 Å². The fourth-order valence-corrected chi connectivity index (χ4v) is 4.88. The number of imidazole rings is 1. The Morgan fingerprint density at radius 3 is 2.38 bits per heavy atom. The Labute approximate surface area is 260 Å². The molecule has 0 atom stereocenters. The van der Waals surface area contributed by atoms with Crippen LogP contribution >= 0.6 is 0 Å². The summed E-state index contributed by atoms with van der Waals surface area (Å²) in [6.45, 7) is 1.17. The number of carbonyl (C=O) groups excluding carboxylic acids is 2. The first kappa shape index (κ1) is 28.8. The second kappa shape index (κ2) is 13.4. The quantitative estimate of drug-likeness (QED) is 0.201. The average Bonchev–Trinajstić information content (AvgIpc) is 3.77. The Morgan fingerprint density at radius 1 is 0.844 bits per heavy atom. The molecule has 0 aliphatic carbocycles. The highest BCUT2D eigenvalue weighted by Gasteiger charge is 2.21. The van der Waals surface area contributed by atoms with E-state index in [2.05, 4.69) is 21.4 Å². The van der Waals surface area contributed by atoms with E-state index < -0.39 is 0 Å².